The number of aryl methyl sites for hydroxylation is 1. The van der Waals surface area contributed by atoms with E-state index in [0.717, 1.165) is 11.3 Å². The molecule has 0 aliphatic carbocycles. The summed E-state index contributed by atoms with van der Waals surface area (Å²) in [5.74, 6) is -0.514. The molecule has 2 rings (SSSR count). The van der Waals surface area contributed by atoms with Crippen LogP contribution in [0.4, 0.5) is 10.1 Å². The Kier molecular flexibility index (Phi) is 4.08. The van der Waals surface area contributed by atoms with Crippen molar-refractivity contribution in [1.29, 1.82) is 0 Å². The molecule has 0 amide bonds. The quantitative estimate of drug-likeness (QED) is 0.662. The summed E-state index contributed by atoms with van der Waals surface area (Å²) in [7, 11) is 0. The van der Waals surface area contributed by atoms with Crippen molar-refractivity contribution in [1.82, 2.24) is 0 Å². The molecule has 2 aromatic rings. The number of hydrogen-bond acceptors (Lipinski definition) is 2. The number of allylic oxidation sites excluding steroid dienone is 1. The predicted octanol–water partition coefficient (Wildman–Crippen LogP) is 3.94. The van der Waals surface area contributed by atoms with Crippen LogP contribution < -0.4 is 5.32 Å². The summed E-state index contributed by atoms with van der Waals surface area (Å²) in [5, 5.41) is 3.05. The minimum absolute atomic E-state index is 0.166. The van der Waals surface area contributed by atoms with E-state index in [9.17, 15) is 9.18 Å². The van der Waals surface area contributed by atoms with Gasteiger partial charge in [0.15, 0.2) is 5.78 Å². The number of rotatable bonds is 4. The fourth-order valence-corrected chi connectivity index (χ4v) is 1.65. The van der Waals surface area contributed by atoms with Crippen LogP contribution in [-0.4, -0.2) is 5.78 Å². The average molecular weight is 255 g/mol. The van der Waals surface area contributed by atoms with Crippen molar-refractivity contribution >= 4 is 11.5 Å². The summed E-state index contributed by atoms with van der Waals surface area (Å²) < 4.78 is 12.7. The van der Waals surface area contributed by atoms with Gasteiger partial charge in [-0.3, -0.25) is 4.79 Å². The zero-order chi connectivity index (χ0) is 13.7. The molecule has 96 valence electrons. The standard InChI is InChI=1S/C16H14FNO/c1-12-4-2-3-5-15(12)18-11-10-16(19)13-6-8-14(17)9-7-13/h2-11,18H,1H3/b11-10-. The lowest BCUT2D eigenvalue weighted by molar-refractivity contribution is 0.104. The van der Waals surface area contributed by atoms with Gasteiger partial charge >= 0.3 is 0 Å². The SMILES string of the molecule is Cc1ccccc1N/C=C\C(=O)c1ccc(F)cc1. The molecule has 19 heavy (non-hydrogen) atoms. The van der Waals surface area contributed by atoms with Crippen LogP contribution in [0, 0.1) is 12.7 Å². The highest BCUT2D eigenvalue weighted by molar-refractivity contribution is 6.04. The number of carbonyl (C=O) groups is 1. The maximum Gasteiger partial charge on any atom is 0.187 e. The zero-order valence-corrected chi connectivity index (χ0v) is 10.6. The number of nitrogens with one attached hydrogen (secondary N) is 1. The van der Waals surface area contributed by atoms with Gasteiger partial charge in [0, 0.05) is 23.5 Å². The molecule has 0 atom stereocenters. The highest BCUT2D eigenvalue weighted by Gasteiger charge is 2.01. The van der Waals surface area contributed by atoms with Crippen LogP contribution in [0.15, 0.2) is 60.8 Å². The van der Waals surface area contributed by atoms with Crippen LogP contribution in [0.25, 0.3) is 0 Å². The first-order valence-corrected chi connectivity index (χ1v) is 5.95. The second-order valence-electron chi connectivity index (χ2n) is 4.16. The molecule has 0 heterocycles. The molecule has 0 saturated heterocycles. The second kappa shape index (κ2) is 5.96. The molecule has 0 unspecified atom stereocenters. The lowest BCUT2D eigenvalue weighted by atomic mass is 10.1. The number of carbonyl (C=O) groups excluding carboxylic acids is 1. The number of benzene rings is 2. The van der Waals surface area contributed by atoms with Crippen molar-refractivity contribution in [3.8, 4) is 0 Å². The highest BCUT2D eigenvalue weighted by atomic mass is 19.1. The molecule has 0 saturated carbocycles. The van der Waals surface area contributed by atoms with Crippen LogP contribution >= 0.6 is 0 Å². The third-order valence-corrected chi connectivity index (χ3v) is 2.75. The molecule has 2 nitrogen and oxygen atoms in total. The van der Waals surface area contributed by atoms with Crippen molar-refractivity contribution in [3.05, 3.63) is 77.8 Å². The van der Waals surface area contributed by atoms with Gasteiger partial charge < -0.3 is 5.32 Å². The third kappa shape index (κ3) is 3.52. The molecular weight excluding hydrogens is 241 g/mol. The molecule has 1 N–H and O–H groups in total. The summed E-state index contributed by atoms with van der Waals surface area (Å²) in [5.41, 5.74) is 2.51. The molecule has 0 radical (unpaired) electrons. The van der Waals surface area contributed by atoms with E-state index >= 15 is 0 Å². The molecule has 3 heteroatoms. The minimum atomic E-state index is -0.349. The topological polar surface area (TPSA) is 29.1 Å². The first-order valence-electron chi connectivity index (χ1n) is 5.95. The summed E-state index contributed by atoms with van der Waals surface area (Å²) in [6.07, 6.45) is 3.02. The Bertz CT molecular complexity index is 602. The Morgan fingerprint density at radius 3 is 2.47 bits per heavy atom. The predicted molar refractivity (Wildman–Crippen MR) is 74.7 cm³/mol. The summed E-state index contributed by atoms with van der Waals surface area (Å²) in [4.78, 5) is 11.8. The van der Waals surface area contributed by atoms with Crippen LogP contribution in [0.1, 0.15) is 15.9 Å². The number of para-hydroxylation sites is 1. The van der Waals surface area contributed by atoms with E-state index < -0.39 is 0 Å². The van der Waals surface area contributed by atoms with E-state index in [-0.39, 0.29) is 11.6 Å². The first-order chi connectivity index (χ1) is 9.16. The Balaban J connectivity index is 2.01. The van der Waals surface area contributed by atoms with Gasteiger partial charge in [0.05, 0.1) is 0 Å². The lowest BCUT2D eigenvalue weighted by Crippen LogP contribution is -1.97. The summed E-state index contributed by atoms with van der Waals surface area (Å²) in [6.45, 7) is 1.98. The van der Waals surface area contributed by atoms with Gasteiger partial charge in [-0.15, -0.1) is 0 Å². The van der Waals surface area contributed by atoms with Gasteiger partial charge in [-0.1, -0.05) is 18.2 Å². The maximum absolute atomic E-state index is 12.7. The smallest absolute Gasteiger partial charge is 0.187 e. The van der Waals surface area contributed by atoms with E-state index in [1.807, 2.05) is 31.2 Å². The zero-order valence-electron chi connectivity index (χ0n) is 10.6. The van der Waals surface area contributed by atoms with E-state index in [2.05, 4.69) is 5.32 Å². The Hall–Kier alpha value is -2.42. The van der Waals surface area contributed by atoms with E-state index in [1.165, 1.54) is 30.3 Å². The van der Waals surface area contributed by atoms with Gasteiger partial charge in [0.1, 0.15) is 5.82 Å². The number of ketones is 1. The van der Waals surface area contributed by atoms with Gasteiger partial charge in [0.2, 0.25) is 0 Å². The third-order valence-electron chi connectivity index (χ3n) is 2.75. The van der Waals surface area contributed by atoms with Crippen LogP contribution in [-0.2, 0) is 0 Å². The molecule has 0 fully saturated rings. The molecule has 0 spiro atoms. The van der Waals surface area contributed by atoms with E-state index in [1.54, 1.807) is 6.20 Å². The Morgan fingerprint density at radius 2 is 1.79 bits per heavy atom. The van der Waals surface area contributed by atoms with Crippen molar-refractivity contribution in [2.75, 3.05) is 5.32 Å². The number of hydrogen-bond donors (Lipinski definition) is 1. The van der Waals surface area contributed by atoms with Crippen LogP contribution in [0.5, 0.6) is 0 Å². The molecular formula is C16H14FNO. The molecule has 0 aliphatic heterocycles. The maximum atomic E-state index is 12.7. The largest absolute Gasteiger partial charge is 0.361 e. The van der Waals surface area contributed by atoms with Crippen LogP contribution in [0.3, 0.4) is 0 Å². The fraction of sp³-hybridized carbons (Fsp3) is 0.0625. The molecule has 2 aromatic carbocycles. The number of halogens is 1. The van der Waals surface area contributed by atoms with Crippen molar-refractivity contribution in [2.45, 2.75) is 6.92 Å². The first kappa shape index (κ1) is 13.0. The monoisotopic (exact) mass is 255 g/mol. The average Bonchev–Trinajstić information content (AvgIpc) is 2.41. The van der Waals surface area contributed by atoms with E-state index in [4.69, 9.17) is 0 Å². The molecule has 0 bridgehead atoms. The minimum Gasteiger partial charge on any atom is -0.361 e. The van der Waals surface area contributed by atoms with Crippen molar-refractivity contribution in [2.24, 2.45) is 0 Å². The highest BCUT2D eigenvalue weighted by Crippen LogP contribution is 2.13. The fourth-order valence-electron chi connectivity index (χ4n) is 1.65. The summed E-state index contributed by atoms with van der Waals surface area (Å²) in [6, 6.07) is 13.3. The van der Waals surface area contributed by atoms with Gasteiger partial charge in [-0.05, 0) is 42.8 Å². The Morgan fingerprint density at radius 1 is 1.11 bits per heavy atom. The number of anilines is 1. The van der Waals surface area contributed by atoms with Gasteiger partial charge in [-0.25, -0.2) is 4.39 Å². The summed E-state index contributed by atoms with van der Waals surface area (Å²) >= 11 is 0. The molecule has 0 aromatic heterocycles. The van der Waals surface area contributed by atoms with Crippen LogP contribution in [0.2, 0.25) is 0 Å². The lowest BCUT2D eigenvalue weighted by Gasteiger charge is -2.03. The van der Waals surface area contributed by atoms with Gasteiger partial charge in [-0.2, -0.15) is 0 Å². The second-order valence-corrected chi connectivity index (χ2v) is 4.16. The van der Waals surface area contributed by atoms with Crippen molar-refractivity contribution < 1.29 is 9.18 Å². The normalized spacial score (nSPS) is 10.6. The van der Waals surface area contributed by atoms with Gasteiger partial charge in [0.25, 0.3) is 0 Å². The molecule has 0 aliphatic rings. The van der Waals surface area contributed by atoms with Crippen molar-refractivity contribution in [3.63, 3.8) is 0 Å². The Labute approximate surface area is 111 Å². The van der Waals surface area contributed by atoms with E-state index in [0.29, 0.717) is 5.56 Å².